The molecule has 4 rings (SSSR count). The molecule has 6 heteroatoms. The lowest BCUT2D eigenvalue weighted by Gasteiger charge is -2.23. The van der Waals surface area contributed by atoms with Gasteiger partial charge in [-0.25, -0.2) is 0 Å². The van der Waals surface area contributed by atoms with Gasteiger partial charge in [-0.15, -0.1) is 11.3 Å². The lowest BCUT2D eigenvalue weighted by molar-refractivity contribution is 0.0730. The van der Waals surface area contributed by atoms with Crippen LogP contribution in [-0.2, 0) is 19.5 Å². The highest BCUT2D eigenvalue weighted by molar-refractivity contribution is 7.12. The predicted molar refractivity (Wildman–Crippen MR) is 132 cm³/mol. The van der Waals surface area contributed by atoms with Gasteiger partial charge in [0.1, 0.15) is 0 Å². The molecule has 0 saturated carbocycles. The second kappa shape index (κ2) is 10.7. The highest BCUT2D eigenvalue weighted by Crippen LogP contribution is 2.18. The van der Waals surface area contributed by atoms with Gasteiger partial charge in [0, 0.05) is 36.7 Å². The maximum atomic E-state index is 13.4. The zero-order valence-electron chi connectivity index (χ0n) is 18.4. The summed E-state index contributed by atoms with van der Waals surface area (Å²) in [6, 6.07) is 22.8. The number of carbonyl (C=O) groups excluding carboxylic acids is 2. The number of carbonyl (C=O) groups is 2. The van der Waals surface area contributed by atoms with Crippen LogP contribution in [0.5, 0.6) is 0 Å². The van der Waals surface area contributed by atoms with Crippen molar-refractivity contribution in [2.75, 3.05) is 5.32 Å². The molecule has 2 aromatic heterocycles. The third-order valence-corrected chi connectivity index (χ3v) is 6.19. The van der Waals surface area contributed by atoms with Crippen LogP contribution in [-0.4, -0.2) is 21.7 Å². The van der Waals surface area contributed by atoms with Crippen molar-refractivity contribution in [3.63, 3.8) is 0 Å². The molecule has 0 bridgehead atoms. The number of thiophene rings is 1. The molecule has 2 heterocycles. The molecule has 0 aliphatic heterocycles. The fraction of sp³-hybridized carbons (Fsp3) is 0.148. The average molecular weight is 456 g/mol. The van der Waals surface area contributed by atoms with Gasteiger partial charge >= 0.3 is 0 Å². The SMILES string of the molecule is CCc1ccc(CN(Cc2cccnc2)C(=O)c2ccc(NC(=O)c3cccs3)cc2)cc1. The van der Waals surface area contributed by atoms with Crippen LogP contribution in [0.15, 0.2) is 90.6 Å². The minimum absolute atomic E-state index is 0.0745. The van der Waals surface area contributed by atoms with E-state index in [0.29, 0.717) is 29.2 Å². The Hall–Kier alpha value is -3.77. The fourth-order valence-corrected chi connectivity index (χ4v) is 4.11. The monoisotopic (exact) mass is 455 g/mol. The summed E-state index contributed by atoms with van der Waals surface area (Å²) in [5, 5.41) is 4.73. The van der Waals surface area contributed by atoms with Gasteiger partial charge in [-0.3, -0.25) is 14.6 Å². The molecule has 166 valence electrons. The summed E-state index contributed by atoms with van der Waals surface area (Å²) < 4.78 is 0. The molecule has 0 fully saturated rings. The van der Waals surface area contributed by atoms with Crippen LogP contribution < -0.4 is 5.32 Å². The van der Waals surface area contributed by atoms with Crippen molar-refractivity contribution in [3.05, 3.63) is 118 Å². The molecule has 4 aromatic rings. The molecule has 0 radical (unpaired) electrons. The minimum Gasteiger partial charge on any atom is -0.330 e. The summed E-state index contributed by atoms with van der Waals surface area (Å²) in [4.78, 5) is 32.3. The smallest absolute Gasteiger partial charge is 0.265 e. The number of nitrogens with one attached hydrogen (secondary N) is 1. The van der Waals surface area contributed by atoms with Crippen LogP contribution in [0.2, 0.25) is 0 Å². The van der Waals surface area contributed by atoms with Gasteiger partial charge < -0.3 is 10.2 Å². The Balaban J connectivity index is 1.51. The summed E-state index contributed by atoms with van der Waals surface area (Å²) in [5.41, 5.74) is 4.53. The highest BCUT2D eigenvalue weighted by atomic mass is 32.1. The molecule has 1 N–H and O–H groups in total. The molecule has 0 aliphatic rings. The first-order valence-corrected chi connectivity index (χ1v) is 11.7. The van der Waals surface area contributed by atoms with Crippen molar-refractivity contribution < 1.29 is 9.59 Å². The molecule has 2 amide bonds. The van der Waals surface area contributed by atoms with E-state index in [1.54, 1.807) is 42.7 Å². The summed E-state index contributed by atoms with van der Waals surface area (Å²) in [6.45, 7) is 3.08. The van der Waals surface area contributed by atoms with E-state index >= 15 is 0 Å². The van der Waals surface area contributed by atoms with E-state index in [9.17, 15) is 9.59 Å². The van der Waals surface area contributed by atoms with Gasteiger partial charge in [-0.1, -0.05) is 43.3 Å². The number of hydrogen-bond donors (Lipinski definition) is 1. The van der Waals surface area contributed by atoms with Crippen LogP contribution in [0, 0.1) is 0 Å². The third-order valence-electron chi connectivity index (χ3n) is 5.32. The Kier molecular flexibility index (Phi) is 7.27. The molecule has 0 unspecified atom stereocenters. The zero-order valence-corrected chi connectivity index (χ0v) is 19.2. The lowest BCUT2D eigenvalue weighted by atomic mass is 10.1. The molecular formula is C27H25N3O2S. The summed E-state index contributed by atoms with van der Waals surface area (Å²) >= 11 is 1.39. The number of hydrogen-bond acceptors (Lipinski definition) is 4. The summed E-state index contributed by atoms with van der Waals surface area (Å²) in [6.07, 6.45) is 4.49. The molecule has 2 aromatic carbocycles. The van der Waals surface area contributed by atoms with Gasteiger partial charge in [0.05, 0.1) is 4.88 Å². The number of benzene rings is 2. The van der Waals surface area contributed by atoms with E-state index in [1.807, 2.05) is 28.5 Å². The standard InChI is InChI=1S/C27H25N3O2S/c1-2-20-7-9-21(10-8-20)18-30(19-22-5-3-15-28-17-22)27(32)23-11-13-24(14-12-23)29-26(31)25-6-4-16-33-25/h3-17H,2,18-19H2,1H3,(H,29,31). The first-order valence-electron chi connectivity index (χ1n) is 10.8. The fourth-order valence-electron chi connectivity index (χ4n) is 3.49. The molecule has 33 heavy (non-hydrogen) atoms. The Morgan fingerprint density at radius 2 is 1.61 bits per heavy atom. The summed E-state index contributed by atoms with van der Waals surface area (Å²) in [7, 11) is 0. The number of anilines is 1. The van der Waals surface area contributed by atoms with Crippen molar-refractivity contribution in [1.82, 2.24) is 9.88 Å². The van der Waals surface area contributed by atoms with E-state index in [4.69, 9.17) is 0 Å². The van der Waals surface area contributed by atoms with Crippen LogP contribution in [0.3, 0.4) is 0 Å². The van der Waals surface area contributed by atoms with Gasteiger partial charge in [0.2, 0.25) is 0 Å². The van der Waals surface area contributed by atoms with Crippen molar-refractivity contribution in [2.24, 2.45) is 0 Å². The summed E-state index contributed by atoms with van der Waals surface area (Å²) in [5.74, 6) is -0.229. The Labute approximate surface area is 197 Å². The third kappa shape index (κ3) is 5.93. The van der Waals surface area contributed by atoms with Crippen LogP contribution >= 0.6 is 11.3 Å². The van der Waals surface area contributed by atoms with Crippen LogP contribution in [0.25, 0.3) is 0 Å². The van der Waals surface area contributed by atoms with Crippen LogP contribution in [0.4, 0.5) is 5.69 Å². The van der Waals surface area contributed by atoms with E-state index in [-0.39, 0.29) is 11.8 Å². The van der Waals surface area contributed by atoms with E-state index in [0.717, 1.165) is 17.5 Å². The second-order valence-corrected chi connectivity index (χ2v) is 8.65. The first kappa shape index (κ1) is 22.4. The van der Waals surface area contributed by atoms with Crippen molar-refractivity contribution >= 4 is 28.8 Å². The average Bonchev–Trinajstić information content (AvgIpc) is 3.40. The molecule has 0 atom stereocenters. The molecule has 0 saturated heterocycles. The van der Waals surface area contributed by atoms with Gasteiger partial charge in [0.15, 0.2) is 0 Å². The normalized spacial score (nSPS) is 10.6. The first-order chi connectivity index (χ1) is 16.1. The number of aryl methyl sites for hydroxylation is 1. The Morgan fingerprint density at radius 1 is 0.879 bits per heavy atom. The number of pyridine rings is 1. The quantitative estimate of drug-likeness (QED) is 0.365. The van der Waals surface area contributed by atoms with Crippen molar-refractivity contribution in [1.29, 1.82) is 0 Å². The molecule has 0 aliphatic carbocycles. The van der Waals surface area contributed by atoms with Crippen molar-refractivity contribution in [3.8, 4) is 0 Å². The predicted octanol–water partition coefficient (Wildman–Crippen LogP) is 5.80. The minimum atomic E-state index is -0.155. The maximum Gasteiger partial charge on any atom is 0.265 e. The Bertz CT molecular complexity index is 1190. The molecule has 5 nitrogen and oxygen atoms in total. The molecular weight excluding hydrogens is 430 g/mol. The van der Waals surface area contributed by atoms with Gasteiger partial charge in [0.25, 0.3) is 11.8 Å². The number of aromatic nitrogens is 1. The van der Waals surface area contributed by atoms with Crippen LogP contribution in [0.1, 0.15) is 43.6 Å². The second-order valence-electron chi connectivity index (χ2n) is 7.70. The maximum absolute atomic E-state index is 13.4. The van der Waals surface area contributed by atoms with Gasteiger partial charge in [-0.2, -0.15) is 0 Å². The van der Waals surface area contributed by atoms with E-state index in [2.05, 4.69) is 41.5 Å². The lowest BCUT2D eigenvalue weighted by Crippen LogP contribution is -2.30. The number of amides is 2. The number of nitrogens with zero attached hydrogens (tertiary/aromatic N) is 2. The number of rotatable bonds is 8. The topological polar surface area (TPSA) is 62.3 Å². The highest BCUT2D eigenvalue weighted by Gasteiger charge is 2.17. The van der Waals surface area contributed by atoms with Crippen molar-refractivity contribution in [2.45, 2.75) is 26.4 Å². The Morgan fingerprint density at radius 3 is 2.24 bits per heavy atom. The largest absolute Gasteiger partial charge is 0.330 e. The molecule has 0 spiro atoms. The van der Waals surface area contributed by atoms with E-state index in [1.165, 1.54) is 16.9 Å². The zero-order chi connectivity index (χ0) is 23.0. The van der Waals surface area contributed by atoms with Gasteiger partial charge in [-0.05, 0) is 64.9 Å². The van der Waals surface area contributed by atoms with E-state index < -0.39 is 0 Å².